The number of aliphatic hydroxyl groups excluding tert-OH is 2. The summed E-state index contributed by atoms with van der Waals surface area (Å²) >= 11 is 0. The van der Waals surface area contributed by atoms with Gasteiger partial charge < -0.3 is 15.5 Å². The van der Waals surface area contributed by atoms with Gasteiger partial charge in [-0.25, -0.2) is 0 Å². The molecule has 0 saturated carbocycles. The lowest BCUT2D eigenvalue weighted by atomic mass is 10.0. The first-order valence-electron chi connectivity index (χ1n) is 22.1. The molecule has 0 aromatic heterocycles. The molecule has 0 aliphatic heterocycles. The molecule has 0 aromatic rings. The first-order valence-corrected chi connectivity index (χ1v) is 22.1. The maximum atomic E-state index is 12.2. The molecule has 4 nitrogen and oxygen atoms in total. The Kier molecular flexibility index (Phi) is 40.3. The molecule has 0 saturated heterocycles. The molecule has 2 atom stereocenters. The Labute approximate surface area is 307 Å². The monoisotopic (exact) mass is 690 g/mol. The number of unbranched alkanes of at least 4 members (excludes halogenated alkanes) is 31. The van der Waals surface area contributed by atoms with Crippen LogP contribution in [0.5, 0.6) is 0 Å². The van der Waals surface area contributed by atoms with E-state index in [1.807, 2.05) is 6.08 Å². The minimum atomic E-state index is -0.856. The third-order valence-corrected chi connectivity index (χ3v) is 10.2. The van der Waals surface area contributed by atoms with Crippen molar-refractivity contribution in [2.75, 3.05) is 6.61 Å². The van der Waals surface area contributed by atoms with E-state index in [1.54, 1.807) is 6.08 Å². The Morgan fingerprint density at radius 3 is 1.18 bits per heavy atom. The molecule has 0 fully saturated rings. The predicted octanol–water partition coefficient (Wildman–Crippen LogP) is 13.6. The van der Waals surface area contributed by atoms with Crippen LogP contribution in [0.25, 0.3) is 0 Å². The zero-order valence-electron chi connectivity index (χ0n) is 33.2. The van der Waals surface area contributed by atoms with Crippen molar-refractivity contribution in [3.63, 3.8) is 0 Å². The number of hydrogen-bond donors (Lipinski definition) is 3. The molecule has 0 aliphatic rings. The van der Waals surface area contributed by atoms with Crippen LogP contribution in [0.4, 0.5) is 0 Å². The Hall–Kier alpha value is -1.13. The third kappa shape index (κ3) is 37.9. The summed E-state index contributed by atoms with van der Waals surface area (Å²) in [6.07, 6.45) is 53.2. The molecule has 49 heavy (non-hydrogen) atoms. The van der Waals surface area contributed by atoms with Crippen LogP contribution in [0, 0.1) is 0 Å². The van der Waals surface area contributed by atoms with E-state index >= 15 is 0 Å². The zero-order valence-corrected chi connectivity index (χ0v) is 33.2. The summed E-state index contributed by atoms with van der Waals surface area (Å²) in [5.41, 5.74) is 0. The summed E-state index contributed by atoms with van der Waals surface area (Å²) in [4.78, 5) is 12.2. The van der Waals surface area contributed by atoms with Crippen molar-refractivity contribution < 1.29 is 15.0 Å². The fourth-order valence-corrected chi connectivity index (χ4v) is 6.78. The Morgan fingerprint density at radius 1 is 0.469 bits per heavy atom. The smallest absolute Gasteiger partial charge is 0.220 e. The maximum absolute atomic E-state index is 12.2. The normalized spacial score (nSPS) is 13.1. The molecule has 0 spiro atoms. The van der Waals surface area contributed by atoms with E-state index in [2.05, 4.69) is 31.3 Å². The lowest BCUT2D eigenvalue weighted by molar-refractivity contribution is -0.123. The molecule has 3 N–H and O–H groups in total. The lowest BCUT2D eigenvalue weighted by Crippen LogP contribution is -2.45. The van der Waals surface area contributed by atoms with Gasteiger partial charge in [0.1, 0.15) is 0 Å². The molecule has 2 unspecified atom stereocenters. The summed E-state index contributed by atoms with van der Waals surface area (Å²) in [5, 5.41) is 22.8. The number of hydrogen-bond acceptors (Lipinski definition) is 3. The first kappa shape index (κ1) is 47.9. The maximum Gasteiger partial charge on any atom is 0.220 e. The van der Waals surface area contributed by atoms with Gasteiger partial charge in [-0.1, -0.05) is 224 Å². The minimum absolute atomic E-state index is 0.0778. The van der Waals surface area contributed by atoms with E-state index in [0.717, 1.165) is 32.1 Å². The van der Waals surface area contributed by atoms with Gasteiger partial charge in [-0.15, -0.1) is 0 Å². The highest BCUT2D eigenvalue weighted by atomic mass is 16.3. The highest BCUT2D eigenvalue weighted by molar-refractivity contribution is 5.76. The largest absolute Gasteiger partial charge is 0.394 e. The molecule has 0 rings (SSSR count). The summed E-state index contributed by atoms with van der Waals surface area (Å²) in [6.45, 7) is 4.27. The van der Waals surface area contributed by atoms with E-state index in [1.165, 1.54) is 186 Å². The van der Waals surface area contributed by atoms with E-state index in [4.69, 9.17) is 0 Å². The van der Waals surface area contributed by atoms with Crippen LogP contribution >= 0.6 is 0 Å². The number of amides is 1. The molecule has 290 valence electrons. The van der Waals surface area contributed by atoms with Gasteiger partial charge in [-0.05, 0) is 32.1 Å². The fourth-order valence-electron chi connectivity index (χ4n) is 6.78. The molecule has 0 bridgehead atoms. The Morgan fingerprint density at radius 2 is 0.796 bits per heavy atom. The molecular formula is C45H87NO3. The van der Waals surface area contributed by atoms with Gasteiger partial charge in [-0.2, -0.15) is 0 Å². The van der Waals surface area contributed by atoms with Crippen molar-refractivity contribution in [1.82, 2.24) is 5.32 Å². The second-order valence-corrected chi connectivity index (χ2v) is 15.1. The van der Waals surface area contributed by atoms with Crippen LogP contribution < -0.4 is 5.32 Å². The van der Waals surface area contributed by atoms with Crippen LogP contribution in [0.3, 0.4) is 0 Å². The van der Waals surface area contributed by atoms with E-state index < -0.39 is 12.1 Å². The second-order valence-electron chi connectivity index (χ2n) is 15.1. The SMILES string of the molecule is CCCCCCCCCCCCCCCCCCCCCCCCC/C=C/CC/C=C/C(O)C(CO)NC(=O)CCCCCCCCCC. The van der Waals surface area contributed by atoms with Crippen molar-refractivity contribution in [2.24, 2.45) is 0 Å². The fraction of sp³-hybridized carbons (Fsp3) is 0.889. The van der Waals surface area contributed by atoms with Crippen LogP contribution in [0.1, 0.15) is 239 Å². The molecule has 0 heterocycles. The molecule has 0 aliphatic carbocycles. The Bertz CT molecular complexity index is 705. The quantitative estimate of drug-likeness (QED) is 0.0443. The van der Waals surface area contributed by atoms with Crippen molar-refractivity contribution in [1.29, 1.82) is 0 Å². The Balaban J connectivity index is 3.47. The summed E-state index contributed by atoms with van der Waals surface area (Å²) in [5.74, 6) is -0.0778. The average molecular weight is 690 g/mol. The highest BCUT2D eigenvalue weighted by Gasteiger charge is 2.17. The minimum Gasteiger partial charge on any atom is -0.394 e. The van der Waals surface area contributed by atoms with Gasteiger partial charge in [0, 0.05) is 6.42 Å². The standard InChI is InChI=1S/C45H87NO3/c1-3-5-7-9-11-13-14-15-16-17-18-19-20-21-22-23-24-25-26-27-28-29-30-31-32-33-34-36-38-40-44(48)43(42-47)46-45(49)41-39-37-35-12-10-8-6-4-2/h32-33,38,40,43-44,47-48H,3-31,34-37,39,41-42H2,1-2H3,(H,46,49)/b33-32+,40-38+. The van der Waals surface area contributed by atoms with Crippen LogP contribution in [-0.2, 0) is 4.79 Å². The van der Waals surface area contributed by atoms with Gasteiger partial charge in [0.05, 0.1) is 18.8 Å². The zero-order chi connectivity index (χ0) is 35.7. The van der Waals surface area contributed by atoms with Crippen LogP contribution in [0.2, 0.25) is 0 Å². The molecule has 1 amide bonds. The van der Waals surface area contributed by atoms with Crippen molar-refractivity contribution in [3.05, 3.63) is 24.3 Å². The molecule has 0 radical (unpaired) electrons. The number of carbonyl (C=O) groups excluding carboxylic acids is 1. The number of allylic oxidation sites excluding steroid dienone is 3. The molecule has 0 aromatic carbocycles. The van der Waals surface area contributed by atoms with Crippen molar-refractivity contribution >= 4 is 5.91 Å². The van der Waals surface area contributed by atoms with Gasteiger partial charge in [0.2, 0.25) is 5.91 Å². The van der Waals surface area contributed by atoms with Gasteiger partial charge in [0.25, 0.3) is 0 Å². The molecular weight excluding hydrogens is 602 g/mol. The summed E-state index contributed by atoms with van der Waals surface area (Å²) in [6, 6.07) is -0.632. The van der Waals surface area contributed by atoms with E-state index in [9.17, 15) is 15.0 Å². The number of aliphatic hydroxyl groups is 2. The van der Waals surface area contributed by atoms with E-state index in [-0.39, 0.29) is 12.5 Å². The third-order valence-electron chi connectivity index (χ3n) is 10.2. The van der Waals surface area contributed by atoms with E-state index in [0.29, 0.717) is 6.42 Å². The molecule has 4 heteroatoms. The van der Waals surface area contributed by atoms with Crippen LogP contribution in [-0.4, -0.2) is 34.9 Å². The van der Waals surface area contributed by atoms with Crippen molar-refractivity contribution in [2.45, 2.75) is 251 Å². The second kappa shape index (κ2) is 41.3. The predicted molar refractivity (Wildman–Crippen MR) is 216 cm³/mol. The average Bonchev–Trinajstić information content (AvgIpc) is 3.10. The topological polar surface area (TPSA) is 69.6 Å². The highest BCUT2D eigenvalue weighted by Crippen LogP contribution is 2.16. The summed E-state index contributed by atoms with van der Waals surface area (Å²) < 4.78 is 0. The number of rotatable bonds is 40. The van der Waals surface area contributed by atoms with Crippen molar-refractivity contribution in [3.8, 4) is 0 Å². The number of nitrogens with one attached hydrogen (secondary N) is 1. The van der Waals surface area contributed by atoms with Gasteiger partial charge >= 0.3 is 0 Å². The lowest BCUT2D eigenvalue weighted by Gasteiger charge is -2.19. The van der Waals surface area contributed by atoms with Gasteiger partial charge in [0.15, 0.2) is 0 Å². The van der Waals surface area contributed by atoms with Gasteiger partial charge in [-0.3, -0.25) is 4.79 Å². The number of carbonyl (C=O) groups is 1. The van der Waals surface area contributed by atoms with Crippen LogP contribution in [0.15, 0.2) is 24.3 Å². The summed E-state index contributed by atoms with van der Waals surface area (Å²) in [7, 11) is 0. The first-order chi connectivity index (χ1) is 24.2.